The lowest BCUT2D eigenvalue weighted by atomic mass is 9.86. The molecule has 0 aliphatic heterocycles. The molecule has 1 heterocycles. The molecule has 0 amide bonds. The molecule has 2 N–H and O–H groups in total. The van der Waals surface area contributed by atoms with Crippen LogP contribution in [0.15, 0.2) is 28.8 Å². The van der Waals surface area contributed by atoms with Crippen molar-refractivity contribution in [3.63, 3.8) is 0 Å². The number of hydrogen-bond donors (Lipinski definition) is 1. The Labute approximate surface area is 124 Å². The second-order valence-electron chi connectivity index (χ2n) is 5.82. The van der Waals surface area contributed by atoms with Crippen molar-refractivity contribution in [2.75, 3.05) is 12.3 Å². The van der Waals surface area contributed by atoms with Crippen molar-refractivity contribution < 1.29 is 14.1 Å². The smallest absolute Gasteiger partial charge is 0.346 e. The van der Waals surface area contributed by atoms with Crippen molar-refractivity contribution in [2.24, 2.45) is 0 Å². The Kier molecular flexibility index (Phi) is 4.02. The minimum absolute atomic E-state index is 0.0247. The highest BCUT2D eigenvalue weighted by Gasteiger charge is 2.24. The lowest BCUT2D eigenvalue weighted by Crippen LogP contribution is -2.10. The maximum Gasteiger partial charge on any atom is 0.346 e. The van der Waals surface area contributed by atoms with Crippen LogP contribution >= 0.6 is 0 Å². The van der Waals surface area contributed by atoms with Crippen LogP contribution in [0.1, 0.15) is 43.6 Å². The summed E-state index contributed by atoms with van der Waals surface area (Å²) in [6, 6.07) is 7.82. The maximum atomic E-state index is 11.9. The Morgan fingerprint density at radius 3 is 2.43 bits per heavy atom. The first-order chi connectivity index (χ1) is 9.84. The van der Waals surface area contributed by atoms with Crippen molar-refractivity contribution >= 4 is 11.9 Å². The molecule has 1 aromatic carbocycles. The molecule has 0 fully saturated rings. The summed E-state index contributed by atoms with van der Waals surface area (Å²) >= 11 is 0. The van der Waals surface area contributed by atoms with E-state index in [4.69, 9.17) is 15.0 Å². The van der Waals surface area contributed by atoms with Crippen LogP contribution in [0.4, 0.5) is 5.88 Å². The number of esters is 1. The second kappa shape index (κ2) is 5.60. The number of carbonyl (C=O) groups is 1. The van der Waals surface area contributed by atoms with Gasteiger partial charge in [0.25, 0.3) is 0 Å². The van der Waals surface area contributed by atoms with Crippen LogP contribution in [-0.4, -0.2) is 17.7 Å². The molecule has 21 heavy (non-hydrogen) atoms. The fraction of sp³-hybridized carbons (Fsp3) is 0.375. The molecule has 5 nitrogen and oxygen atoms in total. The van der Waals surface area contributed by atoms with Crippen LogP contribution in [-0.2, 0) is 10.2 Å². The van der Waals surface area contributed by atoms with Crippen molar-refractivity contribution in [3.8, 4) is 11.3 Å². The number of hydrogen-bond acceptors (Lipinski definition) is 5. The zero-order valence-corrected chi connectivity index (χ0v) is 12.8. The molecule has 0 aliphatic carbocycles. The average molecular weight is 288 g/mol. The highest BCUT2D eigenvalue weighted by molar-refractivity contribution is 6.00. The molecule has 0 atom stereocenters. The SMILES string of the molecule is CCOC(=O)c1c(-c2ccc(C(C)(C)C)cc2)noc1N. The zero-order valence-electron chi connectivity index (χ0n) is 12.8. The monoisotopic (exact) mass is 288 g/mol. The number of nitrogens with zero attached hydrogens (tertiary/aromatic N) is 1. The molecule has 0 bridgehead atoms. The van der Waals surface area contributed by atoms with Gasteiger partial charge in [0, 0.05) is 5.56 Å². The van der Waals surface area contributed by atoms with Gasteiger partial charge in [0.2, 0.25) is 5.88 Å². The van der Waals surface area contributed by atoms with Crippen molar-refractivity contribution in [3.05, 3.63) is 35.4 Å². The van der Waals surface area contributed by atoms with Crippen LogP contribution in [0.25, 0.3) is 11.3 Å². The van der Waals surface area contributed by atoms with E-state index < -0.39 is 5.97 Å². The number of nitrogens with two attached hydrogens (primary N) is 1. The Morgan fingerprint density at radius 2 is 1.90 bits per heavy atom. The third-order valence-corrected chi connectivity index (χ3v) is 3.22. The van der Waals surface area contributed by atoms with E-state index in [1.54, 1.807) is 6.92 Å². The van der Waals surface area contributed by atoms with Crippen LogP contribution in [0.5, 0.6) is 0 Å². The molecule has 1 aromatic heterocycles. The molecule has 0 saturated carbocycles. The molecular weight excluding hydrogens is 268 g/mol. The highest BCUT2D eigenvalue weighted by atomic mass is 16.5. The van der Waals surface area contributed by atoms with E-state index in [0.717, 1.165) is 5.56 Å². The lowest BCUT2D eigenvalue weighted by molar-refractivity contribution is 0.0528. The predicted octanol–water partition coefficient (Wildman–Crippen LogP) is 3.40. The number of ether oxygens (including phenoxy) is 1. The van der Waals surface area contributed by atoms with Gasteiger partial charge in [-0.1, -0.05) is 50.2 Å². The zero-order chi connectivity index (χ0) is 15.6. The number of rotatable bonds is 3. The van der Waals surface area contributed by atoms with Gasteiger partial charge >= 0.3 is 5.97 Å². The van der Waals surface area contributed by atoms with Crippen molar-refractivity contribution in [1.82, 2.24) is 5.16 Å². The third-order valence-electron chi connectivity index (χ3n) is 3.22. The number of aromatic nitrogens is 1. The predicted molar refractivity (Wildman–Crippen MR) is 81.0 cm³/mol. The summed E-state index contributed by atoms with van der Waals surface area (Å²) in [5.41, 5.74) is 8.29. The van der Waals surface area contributed by atoms with E-state index in [0.29, 0.717) is 5.69 Å². The summed E-state index contributed by atoms with van der Waals surface area (Å²) in [6.45, 7) is 8.42. The molecular formula is C16H20N2O3. The summed E-state index contributed by atoms with van der Waals surface area (Å²) in [5.74, 6) is -0.547. The fourth-order valence-corrected chi connectivity index (χ4v) is 2.03. The molecule has 0 saturated heterocycles. The maximum absolute atomic E-state index is 11.9. The van der Waals surface area contributed by atoms with E-state index in [2.05, 4.69) is 25.9 Å². The van der Waals surface area contributed by atoms with Gasteiger partial charge < -0.3 is 15.0 Å². The third kappa shape index (κ3) is 3.07. The van der Waals surface area contributed by atoms with Gasteiger partial charge in [0.15, 0.2) is 5.56 Å². The first kappa shape index (κ1) is 15.1. The summed E-state index contributed by atoms with van der Waals surface area (Å²) in [4.78, 5) is 11.9. The molecule has 0 spiro atoms. The Hall–Kier alpha value is -2.30. The first-order valence-corrected chi connectivity index (χ1v) is 6.87. The Bertz CT molecular complexity index is 637. The van der Waals surface area contributed by atoms with Crippen LogP contribution in [0.3, 0.4) is 0 Å². The molecule has 112 valence electrons. The van der Waals surface area contributed by atoms with Crippen molar-refractivity contribution in [2.45, 2.75) is 33.1 Å². The highest BCUT2D eigenvalue weighted by Crippen LogP contribution is 2.30. The van der Waals surface area contributed by atoms with Gasteiger partial charge in [-0.15, -0.1) is 0 Å². The molecule has 0 radical (unpaired) electrons. The van der Waals surface area contributed by atoms with Crippen LogP contribution in [0, 0.1) is 0 Å². The van der Waals surface area contributed by atoms with Crippen LogP contribution in [0.2, 0.25) is 0 Å². The number of nitrogen functional groups attached to an aromatic ring is 1. The normalized spacial score (nSPS) is 11.4. The molecule has 2 rings (SSSR count). The largest absolute Gasteiger partial charge is 0.462 e. The van der Waals surface area contributed by atoms with Gasteiger partial charge in [-0.25, -0.2) is 4.79 Å². The van der Waals surface area contributed by atoms with Gasteiger partial charge in [-0.2, -0.15) is 0 Å². The summed E-state index contributed by atoms with van der Waals surface area (Å²) < 4.78 is 9.93. The summed E-state index contributed by atoms with van der Waals surface area (Å²) in [5, 5.41) is 3.88. The van der Waals surface area contributed by atoms with E-state index in [1.807, 2.05) is 24.3 Å². The van der Waals surface area contributed by atoms with Gasteiger partial charge in [-0.05, 0) is 17.9 Å². The van der Waals surface area contributed by atoms with Gasteiger partial charge in [0.1, 0.15) is 5.69 Å². The molecule has 0 unspecified atom stereocenters. The van der Waals surface area contributed by atoms with Gasteiger partial charge in [0.05, 0.1) is 6.61 Å². The first-order valence-electron chi connectivity index (χ1n) is 6.87. The standard InChI is InChI=1S/C16H20N2O3/c1-5-20-15(19)12-13(18-21-14(12)17)10-6-8-11(9-7-10)16(2,3)4/h6-9H,5,17H2,1-4H3. The summed E-state index contributed by atoms with van der Waals surface area (Å²) in [6.07, 6.45) is 0. The lowest BCUT2D eigenvalue weighted by Gasteiger charge is -2.18. The minimum Gasteiger partial charge on any atom is -0.462 e. The Morgan fingerprint density at radius 1 is 1.29 bits per heavy atom. The topological polar surface area (TPSA) is 78.3 Å². The Balaban J connectivity index is 2.41. The van der Waals surface area contributed by atoms with E-state index in [1.165, 1.54) is 5.56 Å². The van der Waals surface area contributed by atoms with E-state index in [-0.39, 0.29) is 23.5 Å². The van der Waals surface area contributed by atoms with E-state index >= 15 is 0 Å². The quantitative estimate of drug-likeness (QED) is 0.876. The second-order valence-corrected chi connectivity index (χ2v) is 5.82. The molecule has 2 aromatic rings. The van der Waals surface area contributed by atoms with E-state index in [9.17, 15) is 4.79 Å². The number of carbonyl (C=O) groups excluding carboxylic acids is 1. The van der Waals surface area contributed by atoms with Gasteiger partial charge in [-0.3, -0.25) is 0 Å². The average Bonchev–Trinajstić information content (AvgIpc) is 2.80. The molecule has 5 heteroatoms. The fourth-order valence-electron chi connectivity index (χ4n) is 2.03. The van der Waals surface area contributed by atoms with Crippen LogP contribution < -0.4 is 5.73 Å². The summed E-state index contributed by atoms with van der Waals surface area (Å²) in [7, 11) is 0. The van der Waals surface area contributed by atoms with Crippen molar-refractivity contribution in [1.29, 1.82) is 0 Å². The number of anilines is 1. The number of benzene rings is 1. The minimum atomic E-state index is -0.522. The molecule has 0 aliphatic rings.